The molecule has 0 heterocycles. The Morgan fingerprint density at radius 1 is 1.25 bits per heavy atom. The van der Waals surface area contributed by atoms with Gasteiger partial charge in [0.25, 0.3) is 0 Å². The van der Waals surface area contributed by atoms with E-state index in [0.29, 0.717) is 6.04 Å². The number of hydrogen-bond acceptors (Lipinski definition) is 3. The first-order valence-corrected chi connectivity index (χ1v) is 6.44. The van der Waals surface area contributed by atoms with Gasteiger partial charge in [0.1, 0.15) is 0 Å². The van der Waals surface area contributed by atoms with Crippen molar-refractivity contribution in [2.75, 3.05) is 26.9 Å². The Bertz CT molecular complexity index is 160. The smallest absolute Gasteiger partial charge is 0.0778 e. The van der Waals surface area contributed by atoms with Crippen molar-refractivity contribution in [2.24, 2.45) is 0 Å². The lowest BCUT2D eigenvalue weighted by molar-refractivity contribution is -0.0414. The third-order valence-corrected chi connectivity index (χ3v) is 2.84. The van der Waals surface area contributed by atoms with Crippen molar-refractivity contribution in [1.82, 2.24) is 5.32 Å². The van der Waals surface area contributed by atoms with Crippen LogP contribution < -0.4 is 5.32 Å². The molecule has 0 saturated carbocycles. The van der Waals surface area contributed by atoms with Crippen molar-refractivity contribution in [3.8, 4) is 0 Å². The summed E-state index contributed by atoms with van der Waals surface area (Å²) in [7, 11) is 1.75. The van der Waals surface area contributed by atoms with E-state index in [0.717, 1.165) is 39.0 Å². The maximum atomic E-state index is 5.82. The number of methoxy groups -OCH3 is 1. The summed E-state index contributed by atoms with van der Waals surface area (Å²) in [5, 5.41) is 3.57. The molecule has 16 heavy (non-hydrogen) atoms. The van der Waals surface area contributed by atoms with Gasteiger partial charge in [-0.2, -0.15) is 0 Å². The molecule has 0 aromatic carbocycles. The Labute approximate surface area is 101 Å². The van der Waals surface area contributed by atoms with Crippen LogP contribution in [-0.4, -0.2) is 38.5 Å². The summed E-state index contributed by atoms with van der Waals surface area (Å²) in [6.45, 7) is 11.2. The van der Waals surface area contributed by atoms with E-state index in [9.17, 15) is 0 Å². The van der Waals surface area contributed by atoms with Crippen LogP contribution in [-0.2, 0) is 9.47 Å². The average Bonchev–Trinajstić information content (AvgIpc) is 2.22. The molecule has 0 fully saturated rings. The minimum Gasteiger partial charge on any atom is -0.385 e. The van der Waals surface area contributed by atoms with Crippen LogP contribution >= 0.6 is 0 Å². The Hall–Kier alpha value is -0.120. The molecule has 3 heteroatoms. The van der Waals surface area contributed by atoms with Crippen molar-refractivity contribution in [1.29, 1.82) is 0 Å². The second-order valence-corrected chi connectivity index (χ2v) is 4.68. The standard InChI is InChI=1S/C13H29NO2/c1-6-10-14-12(9-8-11-15-5)13(3,4)16-7-2/h12,14H,6-11H2,1-5H3. The van der Waals surface area contributed by atoms with Gasteiger partial charge in [-0.25, -0.2) is 0 Å². The molecular formula is C13H29NO2. The van der Waals surface area contributed by atoms with E-state index in [-0.39, 0.29) is 5.60 Å². The van der Waals surface area contributed by atoms with E-state index < -0.39 is 0 Å². The molecule has 0 aromatic heterocycles. The third kappa shape index (κ3) is 6.46. The summed E-state index contributed by atoms with van der Waals surface area (Å²) in [5.41, 5.74) is -0.0995. The second-order valence-electron chi connectivity index (χ2n) is 4.68. The summed E-state index contributed by atoms with van der Waals surface area (Å²) < 4.78 is 10.9. The maximum absolute atomic E-state index is 5.82. The lowest BCUT2D eigenvalue weighted by Gasteiger charge is -2.35. The van der Waals surface area contributed by atoms with E-state index >= 15 is 0 Å². The first kappa shape index (κ1) is 15.9. The van der Waals surface area contributed by atoms with E-state index in [2.05, 4.69) is 26.1 Å². The predicted molar refractivity (Wildman–Crippen MR) is 68.9 cm³/mol. The molecule has 0 aliphatic carbocycles. The number of rotatable bonds is 10. The molecular weight excluding hydrogens is 202 g/mol. The third-order valence-electron chi connectivity index (χ3n) is 2.84. The highest BCUT2D eigenvalue weighted by atomic mass is 16.5. The Morgan fingerprint density at radius 3 is 2.44 bits per heavy atom. The summed E-state index contributed by atoms with van der Waals surface area (Å²) in [6.07, 6.45) is 3.33. The van der Waals surface area contributed by atoms with Gasteiger partial charge in [0.15, 0.2) is 0 Å². The molecule has 0 radical (unpaired) electrons. The molecule has 0 rings (SSSR count). The van der Waals surface area contributed by atoms with Gasteiger partial charge in [0.05, 0.1) is 5.60 Å². The van der Waals surface area contributed by atoms with Crippen molar-refractivity contribution in [3.63, 3.8) is 0 Å². The SMILES string of the molecule is CCCNC(CCCOC)C(C)(C)OCC. The second kappa shape index (κ2) is 8.97. The minimum absolute atomic E-state index is 0.0995. The highest BCUT2D eigenvalue weighted by Gasteiger charge is 2.28. The fraction of sp³-hybridized carbons (Fsp3) is 1.00. The quantitative estimate of drug-likeness (QED) is 0.586. The highest BCUT2D eigenvalue weighted by molar-refractivity contribution is 4.85. The largest absolute Gasteiger partial charge is 0.385 e. The van der Waals surface area contributed by atoms with E-state index in [1.807, 2.05) is 6.92 Å². The topological polar surface area (TPSA) is 30.5 Å². The van der Waals surface area contributed by atoms with E-state index in [1.54, 1.807) is 7.11 Å². The summed E-state index contributed by atoms with van der Waals surface area (Å²) in [4.78, 5) is 0. The van der Waals surface area contributed by atoms with Gasteiger partial charge in [-0.3, -0.25) is 0 Å². The Balaban J connectivity index is 4.16. The van der Waals surface area contributed by atoms with Gasteiger partial charge in [-0.05, 0) is 46.6 Å². The van der Waals surface area contributed by atoms with Gasteiger partial charge >= 0.3 is 0 Å². The maximum Gasteiger partial charge on any atom is 0.0778 e. The first-order chi connectivity index (χ1) is 7.58. The zero-order valence-corrected chi connectivity index (χ0v) is 11.6. The Morgan fingerprint density at radius 2 is 1.94 bits per heavy atom. The van der Waals surface area contributed by atoms with Crippen LogP contribution in [0.1, 0.15) is 47.0 Å². The molecule has 0 bridgehead atoms. The monoisotopic (exact) mass is 231 g/mol. The molecule has 1 unspecified atom stereocenters. The summed E-state index contributed by atoms with van der Waals surface area (Å²) >= 11 is 0. The zero-order chi connectivity index (χ0) is 12.4. The highest BCUT2D eigenvalue weighted by Crippen LogP contribution is 2.19. The van der Waals surface area contributed by atoms with Crippen LogP contribution in [0.4, 0.5) is 0 Å². The van der Waals surface area contributed by atoms with Crippen molar-refractivity contribution < 1.29 is 9.47 Å². The first-order valence-electron chi connectivity index (χ1n) is 6.44. The lowest BCUT2D eigenvalue weighted by Crippen LogP contribution is -2.49. The average molecular weight is 231 g/mol. The van der Waals surface area contributed by atoms with Crippen LogP contribution in [0.2, 0.25) is 0 Å². The van der Waals surface area contributed by atoms with Crippen molar-refractivity contribution in [2.45, 2.75) is 58.6 Å². The van der Waals surface area contributed by atoms with Crippen LogP contribution in [0.5, 0.6) is 0 Å². The van der Waals surface area contributed by atoms with Crippen LogP contribution in [0.3, 0.4) is 0 Å². The summed E-state index contributed by atoms with van der Waals surface area (Å²) in [6, 6.07) is 0.405. The van der Waals surface area contributed by atoms with Gasteiger partial charge in [0.2, 0.25) is 0 Å². The molecule has 3 nitrogen and oxygen atoms in total. The fourth-order valence-corrected chi connectivity index (χ4v) is 1.92. The lowest BCUT2D eigenvalue weighted by atomic mass is 9.94. The summed E-state index contributed by atoms with van der Waals surface area (Å²) in [5.74, 6) is 0. The van der Waals surface area contributed by atoms with Crippen molar-refractivity contribution >= 4 is 0 Å². The van der Waals surface area contributed by atoms with Crippen LogP contribution in [0, 0.1) is 0 Å². The van der Waals surface area contributed by atoms with Gasteiger partial charge in [0, 0.05) is 26.4 Å². The molecule has 0 saturated heterocycles. The molecule has 1 N–H and O–H groups in total. The van der Waals surface area contributed by atoms with Crippen LogP contribution in [0.15, 0.2) is 0 Å². The fourth-order valence-electron chi connectivity index (χ4n) is 1.92. The van der Waals surface area contributed by atoms with E-state index in [1.165, 1.54) is 0 Å². The minimum atomic E-state index is -0.0995. The molecule has 0 amide bonds. The van der Waals surface area contributed by atoms with Gasteiger partial charge < -0.3 is 14.8 Å². The molecule has 0 spiro atoms. The number of ether oxygens (including phenoxy) is 2. The van der Waals surface area contributed by atoms with Crippen LogP contribution in [0.25, 0.3) is 0 Å². The van der Waals surface area contributed by atoms with Crippen molar-refractivity contribution in [3.05, 3.63) is 0 Å². The molecule has 0 aliphatic heterocycles. The number of hydrogen-bond donors (Lipinski definition) is 1. The molecule has 0 aromatic rings. The van der Waals surface area contributed by atoms with Gasteiger partial charge in [-0.15, -0.1) is 0 Å². The normalized spacial score (nSPS) is 14.1. The molecule has 98 valence electrons. The van der Waals surface area contributed by atoms with Gasteiger partial charge in [-0.1, -0.05) is 6.92 Å². The Kier molecular flexibility index (Phi) is 8.90. The molecule has 1 atom stereocenters. The zero-order valence-electron chi connectivity index (χ0n) is 11.6. The number of nitrogens with one attached hydrogen (secondary N) is 1. The van der Waals surface area contributed by atoms with E-state index in [4.69, 9.17) is 9.47 Å². The predicted octanol–water partition coefficient (Wildman–Crippen LogP) is 2.60. The molecule has 0 aliphatic rings.